The first-order valence-electron chi connectivity index (χ1n) is 14.5. The summed E-state index contributed by atoms with van der Waals surface area (Å²) in [6.45, 7) is 13.1. The van der Waals surface area contributed by atoms with Crippen molar-refractivity contribution in [3.63, 3.8) is 0 Å². The van der Waals surface area contributed by atoms with Gasteiger partial charge >= 0.3 is 0 Å². The molecule has 1 aromatic carbocycles. The molecule has 2 rings (SSSR count). The molecular formula is C31H53N3O6. The van der Waals surface area contributed by atoms with Gasteiger partial charge in [-0.15, -0.1) is 0 Å². The number of likely N-dealkylation sites (tertiary alicyclic amines) is 1. The molecule has 1 aliphatic heterocycles. The van der Waals surface area contributed by atoms with Crippen molar-refractivity contribution in [3.05, 3.63) is 23.8 Å². The molecule has 0 bridgehead atoms. The second-order valence-corrected chi connectivity index (χ2v) is 12.5. The van der Waals surface area contributed by atoms with Crippen LogP contribution in [0.4, 0.5) is 0 Å². The van der Waals surface area contributed by atoms with Crippen LogP contribution in [0.2, 0.25) is 0 Å². The van der Waals surface area contributed by atoms with Crippen LogP contribution in [0.25, 0.3) is 0 Å². The third-order valence-electron chi connectivity index (χ3n) is 8.47. The van der Waals surface area contributed by atoms with Crippen LogP contribution in [0.15, 0.2) is 18.2 Å². The number of primary amides is 1. The Morgan fingerprint density at radius 3 is 2.38 bits per heavy atom. The van der Waals surface area contributed by atoms with Crippen LogP contribution >= 0.6 is 0 Å². The number of carbonyl (C=O) groups is 2. The zero-order valence-electron chi connectivity index (χ0n) is 26.0. The van der Waals surface area contributed by atoms with Crippen molar-refractivity contribution in [1.29, 1.82) is 0 Å². The second-order valence-electron chi connectivity index (χ2n) is 12.5. The lowest BCUT2D eigenvalue weighted by molar-refractivity contribution is -0.130. The largest absolute Gasteiger partial charge is 0.493 e. The van der Waals surface area contributed by atoms with Crippen LogP contribution in [0.1, 0.15) is 72.4 Å². The van der Waals surface area contributed by atoms with Gasteiger partial charge in [-0.25, -0.2) is 0 Å². The Bertz CT molecular complexity index is 966. The summed E-state index contributed by atoms with van der Waals surface area (Å²) in [5.74, 6) is 1.09. The second kappa shape index (κ2) is 15.0. The van der Waals surface area contributed by atoms with Crippen molar-refractivity contribution in [2.24, 2.45) is 34.8 Å². The van der Waals surface area contributed by atoms with E-state index in [1.165, 1.54) is 0 Å². The number of aliphatic hydroxyl groups excluding tert-OH is 1. The minimum atomic E-state index is -0.843. The van der Waals surface area contributed by atoms with E-state index < -0.39 is 23.3 Å². The quantitative estimate of drug-likeness (QED) is 0.262. The van der Waals surface area contributed by atoms with Crippen molar-refractivity contribution in [2.75, 3.05) is 41.0 Å². The number of likely N-dealkylation sites (N-methyl/N-ethyl adjacent to an activating group) is 1. The highest BCUT2D eigenvalue weighted by Gasteiger charge is 2.45. The fourth-order valence-corrected chi connectivity index (χ4v) is 5.63. The molecule has 0 aromatic heterocycles. The summed E-state index contributed by atoms with van der Waals surface area (Å²) < 4.78 is 16.7. The summed E-state index contributed by atoms with van der Waals surface area (Å²) in [5.41, 5.74) is 5.75. The van der Waals surface area contributed by atoms with Crippen LogP contribution in [-0.4, -0.2) is 75.0 Å². The number of amides is 2. The normalized spacial score (nSPS) is 21.4. The standard InChI is InChI=1S/C31H53N3O6/c1-19(2)22-16-24(25(35)17-23(20(3)4)29(36)33-18-31(5,6)30(32)37)34(7)28(22)21-11-12-26(39-9)27(15-21)40-14-10-13-38-8/h11-12,15,19-20,22-25,28,35H,10,13-14,16-18H2,1-9H3,(H2,32,37)(H,33,36)/t22-,23-,24-,25-,28-/m0/s1. The summed E-state index contributed by atoms with van der Waals surface area (Å²) in [5, 5.41) is 14.4. The Kier molecular flexibility index (Phi) is 12.7. The van der Waals surface area contributed by atoms with Crippen LogP contribution in [0.5, 0.6) is 11.5 Å². The van der Waals surface area contributed by atoms with Gasteiger partial charge in [0.2, 0.25) is 11.8 Å². The van der Waals surface area contributed by atoms with Crippen LogP contribution in [-0.2, 0) is 14.3 Å². The molecule has 1 fully saturated rings. The highest BCUT2D eigenvalue weighted by molar-refractivity contribution is 5.83. The smallest absolute Gasteiger partial charge is 0.224 e. The number of carbonyl (C=O) groups excluding carboxylic acids is 2. The van der Waals surface area contributed by atoms with Gasteiger partial charge in [0.1, 0.15) is 0 Å². The van der Waals surface area contributed by atoms with Crippen LogP contribution in [0.3, 0.4) is 0 Å². The average molecular weight is 564 g/mol. The average Bonchev–Trinajstić information content (AvgIpc) is 3.25. The van der Waals surface area contributed by atoms with Crippen LogP contribution in [0, 0.1) is 29.1 Å². The van der Waals surface area contributed by atoms with E-state index in [2.05, 4.69) is 43.2 Å². The highest BCUT2D eigenvalue weighted by Crippen LogP contribution is 2.47. The van der Waals surface area contributed by atoms with E-state index in [1.54, 1.807) is 28.1 Å². The molecule has 228 valence electrons. The summed E-state index contributed by atoms with van der Waals surface area (Å²) in [4.78, 5) is 27.1. The first-order valence-corrected chi connectivity index (χ1v) is 14.5. The molecular weight excluding hydrogens is 510 g/mol. The lowest BCUT2D eigenvalue weighted by Crippen LogP contribution is -2.46. The molecule has 0 saturated carbocycles. The van der Waals surface area contributed by atoms with E-state index >= 15 is 0 Å². The van der Waals surface area contributed by atoms with E-state index in [-0.39, 0.29) is 30.5 Å². The fraction of sp³-hybridized carbons (Fsp3) is 0.742. The zero-order valence-corrected chi connectivity index (χ0v) is 26.0. The number of aliphatic hydroxyl groups is 1. The molecule has 0 radical (unpaired) electrons. The minimum absolute atomic E-state index is 0.0224. The van der Waals surface area contributed by atoms with Gasteiger partial charge in [-0.2, -0.15) is 0 Å². The van der Waals surface area contributed by atoms with E-state index in [1.807, 2.05) is 19.9 Å². The van der Waals surface area contributed by atoms with Crippen molar-refractivity contribution < 1.29 is 28.9 Å². The molecule has 0 aliphatic carbocycles. The van der Waals surface area contributed by atoms with Crippen molar-refractivity contribution in [1.82, 2.24) is 10.2 Å². The van der Waals surface area contributed by atoms with Crippen molar-refractivity contribution >= 4 is 11.8 Å². The molecule has 4 N–H and O–H groups in total. The van der Waals surface area contributed by atoms with Gasteiger partial charge in [0, 0.05) is 44.7 Å². The fourth-order valence-electron chi connectivity index (χ4n) is 5.63. The van der Waals surface area contributed by atoms with Gasteiger partial charge in [-0.3, -0.25) is 14.5 Å². The first kappa shape index (κ1) is 33.8. The summed E-state index contributed by atoms with van der Waals surface area (Å²) in [6.07, 6.45) is 1.24. The Morgan fingerprint density at radius 2 is 1.82 bits per heavy atom. The van der Waals surface area contributed by atoms with Crippen molar-refractivity contribution in [2.45, 2.75) is 79.0 Å². The molecule has 40 heavy (non-hydrogen) atoms. The Hall–Kier alpha value is -2.36. The SMILES string of the molecule is COCCCOc1cc([C@H]2[C@H](C(C)C)C[C@@H]([C@@H](O)C[C@H](C(=O)NCC(C)(C)C(N)=O)C(C)C)N2C)ccc1OC. The number of methoxy groups -OCH3 is 2. The van der Waals surface area contributed by atoms with E-state index in [9.17, 15) is 14.7 Å². The lowest BCUT2D eigenvalue weighted by Gasteiger charge is -2.33. The number of rotatable bonds is 16. The number of nitrogens with zero attached hydrogens (tertiary/aromatic N) is 1. The van der Waals surface area contributed by atoms with Gasteiger partial charge < -0.3 is 30.4 Å². The number of ether oxygens (including phenoxy) is 3. The van der Waals surface area contributed by atoms with Gasteiger partial charge in [0.05, 0.1) is 25.2 Å². The maximum absolute atomic E-state index is 13.1. The molecule has 0 unspecified atom stereocenters. The van der Waals surface area contributed by atoms with Gasteiger partial charge in [0.15, 0.2) is 11.5 Å². The number of benzene rings is 1. The zero-order chi connectivity index (χ0) is 30.2. The Labute approximate surface area is 241 Å². The van der Waals surface area contributed by atoms with Crippen molar-refractivity contribution in [3.8, 4) is 11.5 Å². The minimum Gasteiger partial charge on any atom is -0.493 e. The molecule has 1 heterocycles. The van der Waals surface area contributed by atoms with Crippen LogP contribution < -0.4 is 20.5 Å². The topological polar surface area (TPSA) is 123 Å². The summed E-state index contributed by atoms with van der Waals surface area (Å²) >= 11 is 0. The lowest BCUT2D eigenvalue weighted by atomic mass is 9.82. The first-order chi connectivity index (χ1) is 18.7. The molecule has 2 amide bonds. The third kappa shape index (κ3) is 8.57. The summed E-state index contributed by atoms with van der Waals surface area (Å²) in [6, 6.07) is 6.05. The van der Waals surface area contributed by atoms with E-state index in [4.69, 9.17) is 19.9 Å². The number of hydrogen-bond acceptors (Lipinski definition) is 7. The Morgan fingerprint density at radius 1 is 1.15 bits per heavy atom. The molecule has 9 nitrogen and oxygen atoms in total. The van der Waals surface area contributed by atoms with Gasteiger partial charge in [-0.05, 0) is 69.2 Å². The monoisotopic (exact) mass is 563 g/mol. The maximum atomic E-state index is 13.1. The number of nitrogens with two attached hydrogens (primary N) is 1. The molecule has 1 saturated heterocycles. The molecule has 5 atom stereocenters. The van der Waals surface area contributed by atoms with Gasteiger partial charge in [0.25, 0.3) is 0 Å². The van der Waals surface area contributed by atoms with Gasteiger partial charge in [-0.1, -0.05) is 33.8 Å². The maximum Gasteiger partial charge on any atom is 0.224 e. The third-order valence-corrected chi connectivity index (χ3v) is 8.47. The molecule has 0 spiro atoms. The number of nitrogens with one attached hydrogen (secondary N) is 1. The summed E-state index contributed by atoms with van der Waals surface area (Å²) in [7, 11) is 5.37. The van der Waals surface area contributed by atoms with E-state index in [0.717, 1.165) is 18.4 Å². The van der Waals surface area contributed by atoms with E-state index in [0.29, 0.717) is 43.0 Å². The highest BCUT2D eigenvalue weighted by atomic mass is 16.5. The molecule has 1 aromatic rings. The number of hydrogen-bond donors (Lipinski definition) is 3. The predicted octanol–water partition coefficient (Wildman–Crippen LogP) is 3.78. The predicted molar refractivity (Wildman–Crippen MR) is 157 cm³/mol. The molecule has 9 heteroatoms. The molecule has 1 aliphatic rings. The Balaban J connectivity index is 2.23.